The average Bonchev–Trinajstić information content (AvgIpc) is 2.88. The Bertz CT molecular complexity index is 541. The van der Waals surface area contributed by atoms with Crippen LogP contribution in [0.4, 0.5) is 0 Å². The van der Waals surface area contributed by atoms with Crippen molar-refractivity contribution in [3.8, 4) is 5.69 Å². The Morgan fingerprint density at radius 1 is 1.32 bits per heavy atom. The predicted octanol–water partition coefficient (Wildman–Crippen LogP) is 2.12. The van der Waals surface area contributed by atoms with Crippen molar-refractivity contribution in [3.63, 3.8) is 0 Å². The van der Waals surface area contributed by atoms with Gasteiger partial charge in [-0.15, -0.1) is 10.2 Å². The molecule has 0 unspecified atom stereocenters. The van der Waals surface area contributed by atoms with E-state index in [2.05, 4.69) is 51.3 Å². The van der Waals surface area contributed by atoms with Gasteiger partial charge in [0.05, 0.1) is 0 Å². The number of benzene rings is 1. The molecule has 0 spiro atoms. The zero-order valence-electron chi connectivity index (χ0n) is 11.3. The molecule has 1 N–H and O–H groups in total. The summed E-state index contributed by atoms with van der Waals surface area (Å²) in [6, 6.07) is 8.48. The van der Waals surface area contributed by atoms with E-state index in [1.54, 1.807) is 0 Å². The number of nitrogens with zero attached hydrogens (tertiary/aromatic N) is 3. The first-order chi connectivity index (χ1) is 9.33. The Hall–Kier alpha value is -1.68. The molecular formula is C15H20N4. The fourth-order valence-corrected chi connectivity index (χ4v) is 2.74. The zero-order chi connectivity index (χ0) is 13.1. The molecule has 4 nitrogen and oxygen atoms in total. The first kappa shape index (κ1) is 12.4. The molecule has 1 aromatic carbocycles. The number of rotatable bonds is 3. The van der Waals surface area contributed by atoms with Crippen LogP contribution in [0.5, 0.6) is 0 Å². The molecular weight excluding hydrogens is 236 g/mol. The monoisotopic (exact) mass is 256 g/mol. The molecule has 3 rings (SSSR count). The third kappa shape index (κ3) is 2.84. The Morgan fingerprint density at radius 3 is 2.95 bits per heavy atom. The molecule has 1 aliphatic rings. The van der Waals surface area contributed by atoms with Crippen LogP contribution in [-0.4, -0.2) is 27.9 Å². The van der Waals surface area contributed by atoms with Crippen LogP contribution in [0.15, 0.2) is 30.6 Å². The smallest absolute Gasteiger partial charge is 0.137 e. The largest absolute Gasteiger partial charge is 0.317 e. The van der Waals surface area contributed by atoms with Crippen LogP contribution in [0.1, 0.15) is 24.2 Å². The Balaban J connectivity index is 1.81. The van der Waals surface area contributed by atoms with Gasteiger partial charge in [-0.25, -0.2) is 0 Å². The average molecular weight is 256 g/mol. The molecule has 2 aromatic rings. The van der Waals surface area contributed by atoms with Crippen LogP contribution >= 0.6 is 0 Å². The third-order valence-electron chi connectivity index (χ3n) is 3.83. The lowest BCUT2D eigenvalue weighted by Gasteiger charge is -2.22. The van der Waals surface area contributed by atoms with Crippen LogP contribution < -0.4 is 5.32 Å². The normalized spacial score (nSPS) is 16.7. The molecule has 1 fully saturated rings. The molecule has 0 bridgehead atoms. The first-order valence-electron chi connectivity index (χ1n) is 6.99. The molecule has 0 radical (unpaired) electrons. The molecule has 1 aromatic heterocycles. The number of aryl methyl sites for hydroxylation is 1. The molecule has 1 aliphatic heterocycles. The van der Waals surface area contributed by atoms with Gasteiger partial charge >= 0.3 is 0 Å². The van der Waals surface area contributed by atoms with Crippen molar-refractivity contribution in [2.45, 2.75) is 26.2 Å². The molecule has 4 heteroatoms. The van der Waals surface area contributed by atoms with Crippen LogP contribution in [0.25, 0.3) is 5.69 Å². The Kier molecular flexibility index (Phi) is 3.60. The summed E-state index contributed by atoms with van der Waals surface area (Å²) >= 11 is 0. The van der Waals surface area contributed by atoms with Gasteiger partial charge in [0.1, 0.15) is 12.2 Å². The van der Waals surface area contributed by atoms with Gasteiger partial charge in [-0.05, 0) is 56.5 Å². The highest BCUT2D eigenvalue weighted by Gasteiger charge is 2.17. The van der Waals surface area contributed by atoms with Crippen molar-refractivity contribution in [1.29, 1.82) is 0 Å². The quantitative estimate of drug-likeness (QED) is 0.914. The zero-order valence-corrected chi connectivity index (χ0v) is 11.3. The van der Waals surface area contributed by atoms with Gasteiger partial charge in [0.15, 0.2) is 0 Å². The molecule has 2 heterocycles. The maximum atomic E-state index is 4.31. The second kappa shape index (κ2) is 5.53. The van der Waals surface area contributed by atoms with E-state index in [-0.39, 0.29) is 0 Å². The minimum atomic E-state index is 0.731. The minimum absolute atomic E-state index is 0.731. The van der Waals surface area contributed by atoms with E-state index in [0.29, 0.717) is 0 Å². The van der Waals surface area contributed by atoms with Crippen molar-refractivity contribution < 1.29 is 0 Å². The predicted molar refractivity (Wildman–Crippen MR) is 75.4 cm³/mol. The molecule has 0 amide bonds. The van der Waals surface area contributed by atoms with Gasteiger partial charge in [0.25, 0.3) is 0 Å². The van der Waals surface area contributed by atoms with Gasteiger partial charge < -0.3 is 5.32 Å². The SMILES string of the molecule is Cc1cccc(-n2cnnc2CC2CCNCC2)c1. The van der Waals surface area contributed by atoms with Crippen LogP contribution in [0.2, 0.25) is 0 Å². The molecule has 0 saturated carbocycles. The van der Waals surface area contributed by atoms with Crippen molar-refractivity contribution in [3.05, 3.63) is 42.0 Å². The topological polar surface area (TPSA) is 42.7 Å². The van der Waals surface area contributed by atoms with E-state index < -0.39 is 0 Å². The van der Waals surface area contributed by atoms with Crippen molar-refractivity contribution in [2.75, 3.05) is 13.1 Å². The number of hydrogen-bond acceptors (Lipinski definition) is 3. The molecule has 0 aliphatic carbocycles. The second-order valence-corrected chi connectivity index (χ2v) is 5.35. The summed E-state index contributed by atoms with van der Waals surface area (Å²) < 4.78 is 2.12. The van der Waals surface area contributed by atoms with E-state index in [1.807, 2.05) is 6.33 Å². The summed E-state index contributed by atoms with van der Waals surface area (Å²) in [4.78, 5) is 0. The van der Waals surface area contributed by atoms with Gasteiger partial charge in [0, 0.05) is 12.1 Å². The standard InChI is InChI=1S/C15H20N4/c1-12-3-2-4-14(9-12)19-11-17-18-15(19)10-13-5-7-16-8-6-13/h2-4,9,11,13,16H,5-8,10H2,1H3. The van der Waals surface area contributed by atoms with Crippen molar-refractivity contribution in [1.82, 2.24) is 20.1 Å². The Labute approximate surface area is 113 Å². The van der Waals surface area contributed by atoms with E-state index in [4.69, 9.17) is 0 Å². The lowest BCUT2D eigenvalue weighted by Crippen LogP contribution is -2.29. The molecule has 0 atom stereocenters. The molecule has 19 heavy (non-hydrogen) atoms. The molecule has 1 saturated heterocycles. The van der Waals surface area contributed by atoms with Crippen LogP contribution in [0, 0.1) is 12.8 Å². The second-order valence-electron chi connectivity index (χ2n) is 5.35. The minimum Gasteiger partial charge on any atom is -0.317 e. The highest BCUT2D eigenvalue weighted by molar-refractivity contribution is 5.36. The first-order valence-corrected chi connectivity index (χ1v) is 6.99. The van der Waals surface area contributed by atoms with Crippen LogP contribution in [0.3, 0.4) is 0 Å². The van der Waals surface area contributed by atoms with E-state index >= 15 is 0 Å². The summed E-state index contributed by atoms with van der Waals surface area (Å²) in [5.74, 6) is 1.81. The van der Waals surface area contributed by atoms with Crippen LogP contribution in [-0.2, 0) is 6.42 Å². The Morgan fingerprint density at radius 2 is 2.16 bits per heavy atom. The lowest BCUT2D eigenvalue weighted by molar-refractivity contribution is 0.365. The summed E-state index contributed by atoms with van der Waals surface area (Å²) in [7, 11) is 0. The van der Waals surface area contributed by atoms with Crippen molar-refractivity contribution in [2.24, 2.45) is 5.92 Å². The summed E-state index contributed by atoms with van der Waals surface area (Å²) in [5.41, 5.74) is 2.42. The van der Waals surface area contributed by atoms with Crippen molar-refractivity contribution >= 4 is 0 Å². The number of hydrogen-bond donors (Lipinski definition) is 1. The van der Waals surface area contributed by atoms with Gasteiger partial charge in [-0.1, -0.05) is 12.1 Å². The van der Waals surface area contributed by atoms with E-state index in [0.717, 1.165) is 36.9 Å². The fourth-order valence-electron chi connectivity index (χ4n) is 2.74. The third-order valence-corrected chi connectivity index (χ3v) is 3.83. The van der Waals surface area contributed by atoms with Gasteiger partial charge in [-0.2, -0.15) is 0 Å². The molecule has 100 valence electrons. The summed E-state index contributed by atoms with van der Waals surface area (Å²) in [6.45, 7) is 4.37. The number of nitrogens with one attached hydrogen (secondary N) is 1. The maximum Gasteiger partial charge on any atom is 0.137 e. The van der Waals surface area contributed by atoms with Gasteiger partial charge in [-0.3, -0.25) is 4.57 Å². The fraction of sp³-hybridized carbons (Fsp3) is 0.467. The maximum absolute atomic E-state index is 4.31. The van der Waals surface area contributed by atoms with E-state index in [9.17, 15) is 0 Å². The summed E-state index contributed by atoms with van der Waals surface area (Å²) in [5, 5.41) is 11.8. The van der Waals surface area contributed by atoms with Gasteiger partial charge in [0.2, 0.25) is 0 Å². The van der Waals surface area contributed by atoms with E-state index in [1.165, 1.54) is 18.4 Å². The lowest BCUT2D eigenvalue weighted by atomic mass is 9.94. The number of piperidine rings is 1. The highest BCUT2D eigenvalue weighted by atomic mass is 15.3. The number of aromatic nitrogens is 3. The summed E-state index contributed by atoms with van der Waals surface area (Å²) in [6.07, 6.45) is 5.32. The highest BCUT2D eigenvalue weighted by Crippen LogP contribution is 2.19.